The monoisotopic (exact) mass is 273 g/mol. The second-order valence-electron chi connectivity index (χ2n) is 8.41. The molecule has 1 nitrogen and oxygen atoms in total. The van der Waals surface area contributed by atoms with Crippen molar-refractivity contribution in [1.29, 1.82) is 0 Å². The number of aryl methyl sites for hydroxylation is 1. The molecule has 2 rings (SSSR count). The number of hydrogen-bond acceptors (Lipinski definition) is 1. The van der Waals surface area contributed by atoms with E-state index in [9.17, 15) is 0 Å². The van der Waals surface area contributed by atoms with Gasteiger partial charge in [0.15, 0.2) is 0 Å². The van der Waals surface area contributed by atoms with Crippen LogP contribution in [0.4, 0.5) is 0 Å². The van der Waals surface area contributed by atoms with Gasteiger partial charge < -0.3 is 5.32 Å². The SMILES string of the molecule is Cc1cccc([C@H](C)NC2CC(C)(C)CC(C)(C)C2)c1. The molecule has 1 aromatic carbocycles. The van der Waals surface area contributed by atoms with Crippen LogP contribution in [0, 0.1) is 17.8 Å². The Morgan fingerprint density at radius 2 is 1.70 bits per heavy atom. The van der Waals surface area contributed by atoms with Crippen molar-refractivity contribution in [3.8, 4) is 0 Å². The van der Waals surface area contributed by atoms with E-state index in [1.807, 2.05) is 0 Å². The highest BCUT2D eigenvalue weighted by atomic mass is 15.0. The molecule has 1 N–H and O–H groups in total. The molecule has 1 heteroatoms. The van der Waals surface area contributed by atoms with Gasteiger partial charge in [-0.15, -0.1) is 0 Å². The Hall–Kier alpha value is -0.820. The van der Waals surface area contributed by atoms with E-state index in [1.165, 1.54) is 30.4 Å². The van der Waals surface area contributed by atoms with Gasteiger partial charge in [-0.05, 0) is 49.5 Å². The molecule has 0 saturated heterocycles. The van der Waals surface area contributed by atoms with E-state index in [1.54, 1.807) is 0 Å². The van der Waals surface area contributed by atoms with Crippen molar-refractivity contribution in [2.24, 2.45) is 10.8 Å². The standard InChI is InChI=1S/C19H31N/c1-14-8-7-9-16(10-14)15(2)20-17-11-18(3,4)13-19(5,6)12-17/h7-10,15,17,20H,11-13H2,1-6H3/t15-/m0/s1. The molecule has 1 saturated carbocycles. The van der Waals surface area contributed by atoms with Crippen molar-refractivity contribution in [2.75, 3.05) is 0 Å². The van der Waals surface area contributed by atoms with Crippen LogP contribution in [0.5, 0.6) is 0 Å². The number of hydrogen-bond donors (Lipinski definition) is 1. The fourth-order valence-corrected chi connectivity index (χ4v) is 4.35. The summed E-state index contributed by atoms with van der Waals surface area (Å²) in [4.78, 5) is 0. The quantitative estimate of drug-likeness (QED) is 0.793. The third-order valence-corrected chi connectivity index (χ3v) is 4.58. The van der Waals surface area contributed by atoms with Crippen molar-refractivity contribution in [3.63, 3.8) is 0 Å². The summed E-state index contributed by atoms with van der Waals surface area (Å²) in [5.74, 6) is 0. The zero-order valence-electron chi connectivity index (χ0n) is 14.1. The Bertz CT molecular complexity index is 443. The van der Waals surface area contributed by atoms with Crippen LogP contribution >= 0.6 is 0 Å². The third-order valence-electron chi connectivity index (χ3n) is 4.58. The normalized spacial score (nSPS) is 23.5. The molecule has 0 unspecified atom stereocenters. The molecular formula is C19H31N. The van der Waals surface area contributed by atoms with Gasteiger partial charge in [-0.3, -0.25) is 0 Å². The Morgan fingerprint density at radius 1 is 1.10 bits per heavy atom. The zero-order valence-corrected chi connectivity index (χ0v) is 14.1. The molecule has 0 aromatic heterocycles. The van der Waals surface area contributed by atoms with Crippen LogP contribution in [0.25, 0.3) is 0 Å². The maximum absolute atomic E-state index is 3.87. The summed E-state index contributed by atoms with van der Waals surface area (Å²) >= 11 is 0. The Kier molecular flexibility index (Phi) is 4.30. The molecule has 1 atom stereocenters. The molecule has 0 radical (unpaired) electrons. The lowest BCUT2D eigenvalue weighted by Crippen LogP contribution is -2.44. The second kappa shape index (κ2) is 5.52. The lowest BCUT2D eigenvalue weighted by atomic mass is 9.63. The van der Waals surface area contributed by atoms with E-state index in [-0.39, 0.29) is 0 Å². The minimum absolute atomic E-state index is 0.435. The predicted molar refractivity (Wildman–Crippen MR) is 87.9 cm³/mol. The van der Waals surface area contributed by atoms with Gasteiger partial charge in [0.2, 0.25) is 0 Å². The minimum Gasteiger partial charge on any atom is -0.307 e. The van der Waals surface area contributed by atoms with E-state index < -0.39 is 0 Å². The smallest absolute Gasteiger partial charge is 0.0294 e. The molecular weight excluding hydrogens is 242 g/mol. The van der Waals surface area contributed by atoms with Crippen LogP contribution < -0.4 is 5.32 Å². The molecule has 1 aliphatic rings. The maximum atomic E-state index is 3.87. The highest BCUT2D eigenvalue weighted by molar-refractivity contribution is 5.24. The van der Waals surface area contributed by atoms with Gasteiger partial charge in [0.05, 0.1) is 0 Å². The van der Waals surface area contributed by atoms with Gasteiger partial charge in [-0.2, -0.15) is 0 Å². The van der Waals surface area contributed by atoms with Crippen LogP contribution in [0.2, 0.25) is 0 Å². The number of nitrogens with one attached hydrogen (secondary N) is 1. The number of rotatable bonds is 3. The molecule has 0 aliphatic heterocycles. The Balaban J connectivity index is 2.05. The molecule has 1 aliphatic carbocycles. The topological polar surface area (TPSA) is 12.0 Å². The molecule has 1 aromatic rings. The van der Waals surface area contributed by atoms with Crippen LogP contribution in [0.3, 0.4) is 0 Å². The van der Waals surface area contributed by atoms with Crippen molar-refractivity contribution in [1.82, 2.24) is 5.32 Å². The fourth-order valence-electron chi connectivity index (χ4n) is 4.35. The first kappa shape index (κ1) is 15.6. The van der Waals surface area contributed by atoms with Crippen molar-refractivity contribution in [2.45, 2.75) is 72.9 Å². The van der Waals surface area contributed by atoms with Gasteiger partial charge >= 0.3 is 0 Å². The van der Waals surface area contributed by atoms with Gasteiger partial charge in [-0.1, -0.05) is 57.5 Å². The molecule has 0 bridgehead atoms. The van der Waals surface area contributed by atoms with E-state index >= 15 is 0 Å². The first-order valence-corrected chi connectivity index (χ1v) is 8.00. The Labute approximate surface area is 125 Å². The molecule has 112 valence electrons. The first-order chi connectivity index (χ1) is 9.17. The zero-order chi connectivity index (χ0) is 15.0. The van der Waals surface area contributed by atoms with Crippen molar-refractivity contribution in [3.05, 3.63) is 35.4 Å². The fraction of sp³-hybridized carbons (Fsp3) is 0.684. The van der Waals surface area contributed by atoms with Crippen molar-refractivity contribution < 1.29 is 0 Å². The average molecular weight is 273 g/mol. The lowest BCUT2D eigenvalue weighted by Gasteiger charge is -2.46. The van der Waals surface area contributed by atoms with Crippen LogP contribution in [-0.4, -0.2) is 6.04 Å². The molecule has 0 spiro atoms. The number of benzene rings is 1. The van der Waals surface area contributed by atoms with Gasteiger partial charge in [0, 0.05) is 12.1 Å². The molecule has 0 heterocycles. The van der Waals surface area contributed by atoms with Crippen molar-refractivity contribution >= 4 is 0 Å². The summed E-state index contributed by atoms with van der Waals surface area (Å²) < 4.78 is 0. The van der Waals surface area contributed by atoms with E-state index in [0.717, 1.165) is 0 Å². The van der Waals surface area contributed by atoms with E-state index in [4.69, 9.17) is 0 Å². The molecule has 1 fully saturated rings. The van der Waals surface area contributed by atoms with Crippen LogP contribution in [0.1, 0.15) is 71.0 Å². The van der Waals surface area contributed by atoms with Gasteiger partial charge in [-0.25, -0.2) is 0 Å². The van der Waals surface area contributed by atoms with E-state index in [2.05, 4.69) is 71.1 Å². The predicted octanol–water partition coefficient (Wildman–Crippen LogP) is 5.25. The third kappa shape index (κ3) is 4.09. The lowest BCUT2D eigenvalue weighted by molar-refractivity contribution is 0.0811. The molecule has 0 amide bonds. The van der Waals surface area contributed by atoms with Crippen LogP contribution in [-0.2, 0) is 0 Å². The van der Waals surface area contributed by atoms with Crippen LogP contribution in [0.15, 0.2) is 24.3 Å². The Morgan fingerprint density at radius 3 is 2.25 bits per heavy atom. The maximum Gasteiger partial charge on any atom is 0.0294 e. The van der Waals surface area contributed by atoms with E-state index in [0.29, 0.717) is 22.9 Å². The molecule has 20 heavy (non-hydrogen) atoms. The second-order valence-corrected chi connectivity index (χ2v) is 8.41. The first-order valence-electron chi connectivity index (χ1n) is 8.00. The largest absolute Gasteiger partial charge is 0.307 e. The summed E-state index contributed by atoms with van der Waals surface area (Å²) in [7, 11) is 0. The summed E-state index contributed by atoms with van der Waals surface area (Å²) in [5.41, 5.74) is 3.66. The highest BCUT2D eigenvalue weighted by Crippen LogP contribution is 2.46. The van der Waals surface area contributed by atoms with Gasteiger partial charge in [0.1, 0.15) is 0 Å². The summed E-state index contributed by atoms with van der Waals surface area (Å²) in [6, 6.07) is 9.94. The summed E-state index contributed by atoms with van der Waals surface area (Å²) in [6.07, 6.45) is 3.90. The average Bonchev–Trinajstić information content (AvgIpc) is 2.24. The summed E-state index contributed by atoms with van der Waals surface area (Å²) in [6.45, 7) is 14.1. The van der Waals surface area contributed by atoms with Gasteiger partial charge in [0.25, 0.3) is 0 Å². The highest BCUT2D eigenvalue weighted by Gasteiger charge is 2.38. The summed E-state index contributed by atoms with van der Waals surface area (Å²) in [5, 5.41) is 3.87. The minimum atomic E-state index is 0.435.